The molecule has 0 unspecified atom stereocenters. The van der Waals surface area contributed by atoms with E-state index in [1.807, 2.05) is 0 Å². The number of nitrogens with zero attached hydrogens (tertiary/aromatic N) is 2. The van der Waals surface area contributed by atoms with Crippen molar-refractivity contribution in [2.75, 3.05) is 7.11 Å². The van der Waals surface area contributed by atoms with Crippen molar-refractivity contribution in [2.45, 2.75) is 13.3 Å². The van der Waals surface area contributed by atoms with Crippen molar-refractivity contribution in [3.8, 4) is 17.0 Å². The van der Waals surface area contributed by atoms with Gasteiger partial charge in [0.1, 0.15) is 11.6 Å². The summed E-state index contributed by atoms with van der Waals surface area (Å²) in [5, 5.41) is 0. The molecule has 1 aromatic heterocycles. The fourth-order valence-electron chi connectivity index (χ4n) is 1.69. The third kappa shape index (κ3) is 3.13. The van der Waals surface area contributed by atoms with Crippen LogP contribution in [0.15, 0.2) is 30.5 Å². The van der Waals surface area contributed by atoms with Crippen molar-refractivity contribution in [3.05, 3.63) is 42.1 Å². The van der Waals surface area contributed by atoms with Gasteiger partial charge in [0, 0.05) is 11.8 Å². The molecule has 1 heterocycles. The topological polar surface area (TPSA) is 52.1 Å². The first-order chi connectivity index (χ1) is 9.10. The third-order valence-corrected chi connectivity index (χ3v) is 2.56. The van der Waals surface area contributed by atoms with Crippen molar-refractivity contribution < 1.29 is 13.9 Å². The molecule has 1 aromatic carbocycles. The van der Waals surface area contributed by atoms with E-state index in [0.717, 1.165) is 0 Å². The predicted octanol–water partition coefficient (Wildman–Crippen LogP) is 2.42. The van der Waals surface area contributed by atoms with E-state index < -0.39 is 5.82 Å². The van der Waals surface area contributed by atoms with Crippen LogP contribution in [-0.4, -0.2) is 22.9 Å². The number of carbonyl (C=O) groups is 1. The van der Waals surface area contributed by atoms with Crippen LogP contribution in [0.4, 0.5) is 4.39 Å². The van der Waals surface area contributed by atoms with E-state index in [0.29, 0.717) is 17.1 Å². The summed E-state index contributed by atoms with van der Waals surface area (Å²) in [5.41, 5.74) is 1.19. The second kappa shape index (κ2) is 5.56. The van der Waals surface area contributed by atoms with Gasteiger partial charge in [-0.05, 0) is 31.2 Å². The lowest BCUT2D eigenvalue weighted by Gasteiger charge is -2.05. The molecule has 0 aliphatic carbocycles. The number of hydrogen-bond acceptors (Lipinski definition) is 4. The van der Waals surface area contributed by atoms with Gasteiger partial charge in [-0.3, -0.25) is 4.79 Å². The monoisotopic (exact) mass is 260 g/mol. The van der Waals surface area contributed by atoms with Crippen LogP contribution in [0.1, 0.15) is 12.7 Å². The number of rotatable bonds is 4. The number of hydrogen-bond donors (Lipinski definition) is 0. The maximum atomic E-state index is 13.6. The van der Waals surface area contributed by atoms with Crippen molar-refractivity contribution in [1.29, 1.82) is 0 Å². The average Bonchev–Trinajstić information content (AvgIpc) is 2.38. The van der Waals surface area contributed by atoms with Crippen LogP contribution in [-0.2, 0) is 11.2 Å². The Balaban J connectivity index is 2.36. The van der Waals surface area contributed by atoms with Gasteiger partial charge < -0.3 is 4.74 Å². The molecule has 0 amide bonds. The first-order valence-corrected chi connectivity index (χ1v) is 5.75. The number of Topliss-reactive ketones (excluding diaryl/α,β-unsaturated/α-hetero) is 1. The van der Waals surface area contributed by atoms with Gasteiger partial charge >= 0.3 is 0 Å². The first-order valence-electron chi connectivity index (χ1n) is 5.75. The van der Waals surface area contributed by atoms with Crippen LogP contribution in [0, 0.1) is 5.82 Å². The fraction of sp³-hybridized carbons (Fsp3) is 0.214. The zero-order valence-corrected chi connectivity index (χ0v) is 10.7. The van der Waals surface area contributed by atoms with Crippen LogP contribution in [0.5, 0.6) is 5.75 Å². The fourth-order valence-corrected chi connectivity index (χ4v) is 1.69. The molecule has 19 heavy (non-hydrogen) atoms. The molecule has 2 rings (SSSR count). The predicted molar refractivity (Wildman–Crippen MR) is 68.4 cm³/mol. The standard InChI is InChI=1S/C14H13FN2O2/c1-9(18)7-14-16-6-5-12(17-14)10-3-4-13(19-2)11(15)8-10/h3-6,8H,7H2,1-2H3. The molecule has 0 radical (unpaired) electrons. The summed E-state index contributed by atoms with van der Waals surface area (Å²) in [4.78, 5) is 19.3. The summed E-state index contributed by atoms with van der Waals surface area (Å²) in [6.07, 6.45) is 1.73. The van der Waals surface area contributed by atoms with Crippen LogP contribution in [0.2, 0.25) is 0 Å². The summed E-state index contributed by atoms with van der Waals surface area (Å²) in [5.74, 6) is 0.146. The quantitative estimate of drug-likeness (QED) is 0.847. The molecule has 0 saturated heterocycles. The SMILES string of the molecule is COc1ccc(-c2ccnc(CC(C)=O)n2)cc1F. The van der Waals surface area contributed by atoms with Crippen molar-refractivity contribution in [1.82, 2.24) is 9.97 Å². The Morgan fingerprint density at radius 1 is 1.37 bits per heavy atom. The molecule has 4 nitrogen and oxygen atoms in total. The normalized spacial score (nSPS) is 10.3. The molecule has 0 N–H and O–H groups in total. The summed E-state index contributed by atoms with van der Waals surface area (Å²) in [6.45, 7) is 1.48. The molecule has 0 fully saturated rings. The van der Waals surface area contributed by atoms with E-state index in [2.05, 4.69) is 9.97 Å². The Kier molecular flexibility index (Phi) is 3.85. The minimum atomic E-state index is -0.452. The third-order valence-electron chi connectivity index (χ3n) is 2.56. The molecule has 0 bridgehead atoms. The lowest BCUT2D eigenvalue weighted by molar-refractivity contribution is -0.116. The Hall–Kier alpha value is -2.30. The maximum absolute atomic E-state index is 13.6. The number of halogens is 1. The lowest BCUT2D eigenvalue weighted by Crippen LogP contribution is -2.02. The Morgan fingerprint density at radius 2 is 2.16 bits per heavy atom. The van der Waals surface area contributed by atoms with E-state index in [1.54, 1.807) is 18.3 Å². The van der Waals surface area contributed by atoms with Gasteiger partial charge in [0.15, 0.2) is 11.6 Å². The molecular weight excluding hydrogens is 247 g/mol. The molecule has 0 aliphatic rings. The number of methoxy groups -OCH3 is 1. The van der Waals surface area contributed by atoms with E-state index in [-0.39, 0.29) is 18.0 Å². The van der Waals surface area contributed by atoms with Crippen LogP contribution < -0.4 is 4.74 Å². The highest BCUT2D eigenvalue weighted by molar-refractivity contribution is 5.77. The second-order valence-electron chi connectivity index (χ2n) is 4.09. The van der Waals surface area contributed by atoms with E-state index in [1.165, 1.54) is 26.2 Å². The lowest BCUT2D eigenvalue weighted by atomic mass is 10.1. The summed E-state index contributed by atoms with van der Waals surface area (Å²) in [6, 6.07) is 6.27. The van der Waals surface area contributed by atoms with Gasteiger partial charge in [-0.1, -0.05) is 0 Å². The minimum Gasteiger partial charge on any atom is -0.494 e. The molecule has 2 aromatic rings. The number of benzene rings is 1. The number of ether oxygens (including phenoxy) is 1. The Morgan fingerprint density at radius 3 is 2.79 bits per heavy atom. The maximum Gasteiger partial charge on any atom is 0.165 e. The summed E-state index contributed by atoms with van der Waals surface area (Å²) >= 11 is 0. The van der Waals surface area contributed by atoms with Gasteiger partial charge in [-0.25, -0.2) is 14.4 Å². The summed E-state index contributed by atoms with van der Waals surface area (Å²) < 4.78 is 18.5. The highest BCUT2D eigenvalue weighted by Crippen LogP contribution is 2.24. The summed E-state index contributed by atoms with van der Waals surface area (Å²) in [7, 11) is 1.41. The second-order valence-corrected chi connectivity index (χ2v) is 4.09. The molecule has 5 heteroatoms. The highest BCUT2D eigenvalue weighted by Gasteiger charge is 2.08. The zero-order chi connectivity index (χ0) is 13.8. The van der Waals surface area contributed by atoms with Gasteiger partial charge in [0.2, 0.25) is 0 Å². The van der Waals surface area contributed by atoms with Gasteiger partial charge in [0.25, 0.3) is 0 Å². The van der Waals surface area contributed by atoms with Crippen molar-refractivity contribution >= 4 is 5.78 Å². The molecule has 0 atom stereocenters. The molecular formula is C14H13FN2O2. The molecule has 98 valence electrons. The average molecular weight is 260 g/mol. The Labute approximate surface area is 110 Å². The van der Waals surface area contributed by atoms with E-state index >= 15 is 0 Å². The smallest absolute Gasteiger partial charge is 0.165 e. The van der Waals surface area contributed by atoms with Gasteiger partial charge in [-0.15, -0.1) is 0 Å². The van der Waals surface area contributed by atoms with Gasteiger partial charge in [0.05, 0.1) is 19.2 Å². The van der Waals surface area contributed by atoms with Crippen LogP contribution in [0.25, 0.3) is 11.3 Å². The number of aromatic nitrogens is 2. The van der Waals surface area contributed by atoms with Gasteiger partial charge in [-0.2, -0.15) is 0 Å². The first kappa shape index (κ1) is 13.1. The largest absolute Gasteiger partial charge is 0.494 e. The highest BCUT2D eigenvalue weighted by atomic mass is 19.1. The molecule has 0 spiro atoms. The number of carbonyl (C=O) groups excluding carboxylic acids is 1. The van der Waals surface area contributed by atoms with Crippen LogP contribution >= 0.6 is 0 Å². The van der Waals surface area contributed by atoms with Crippen LogP contribution in [0.3, 0.4) is 0 Å². The molecule has 0 aliphatic heterocycles. The van der Waals surface area contributed by atoms with E-state index in [4.69, 9.17) is 4.74 Å². The number of ketones is 1. The van der Waals surface area contributed by atoms with E-state index in [9.17, 15) is 9.18 Å². The Bertz CT molecular complexity index is 614. The zero-order valence-electron chi connectivity index (χ0n) is 10.7. The van der Waals surface area contributed by atoms with Crippen molar-refractivity contribution in [3.63, 3.8) is 0 Å². The molecule has 0 saturated carbocycles. The minimum absolute atomic E-state index is 0.0157. The van der Waals surface area contributed by atoms with Crippen molar-refractivity contribution in [2.24, 2.45) is 0 Å².